The summed E-state index contributed by atoms with van der Waals surface area (Å²) in [5.74, 6) is 0.477. The Hall–Kier alpha value is -3.18. The summed E-state index contributed by atoms with van der Waals surface area (Å²) < 4.78 is 40.4. The number of sulfonamides is 1. The van der Waals surface area contributed by atoms with Gasteiger partial charge in [-0.05, 0) is 67.6 Å². The van der Waals surface area contributed by atoms with E-state index >= 15 is 0 Å². The minimum atomic E-state index is -4.05. The zero-order valence-corrected chi connectivity index (χ0v) is 22.5. The number of anilines is 2. The molecular formula is C25H29Cl2N5O4S. The Kier molecular flexibility index (Phi) is 10.3. The first-order chi connectivity index (χ1) is 17.7. The van der Waals surface area contributed by atoms with Gasteiger partial charge in [0.25, 0.3) is 10.0 Å². The van der Waals surface area contributed by atoms with Gasteiger partial charge in [0.1, 0.15) is 18.6 Å². The van der Waals surface area contributed by atoms with E-state index in [4.69, 9.17) is 43.8 Å². The summed E-state index contributed by atoms with van der Waals surface area (Å²) in [7, 11) is -4.05. The zero-order valence-electron chi connectivity index (χ0n) is 20.2. The highest BCUT2D eigenvalue weighted by atomic mass is 35.5. The molecule has 37 heavy (non-hydrogen) atoms. The van der Waals surface area contributed by atoms with Gasteiger partial charge in [0.15, 0.2) is 5.96 Å². The monoisotopic (exact) mass is 565 g/mol. The number of hydrogen-bond acceptors (Lipinski definition) is 6. The maximum Gasteiger partial charge on any atom is 0.266 e. The van der Waals surface area contributed by atoms with Crippen molar-refractivity contribution in [3.05, 3.63) is 82.8 Å². The first-order valence-electron chi connectivity index (χ1n) is 11.4. The predicted octanol–water partition coefficient (Wildman–Crippen LogP) is 4.53. The van der Waals surface area contributed by atoms with Gasteiger partial charge >= 0.3 is 0 Å². The van der Waals surface area contributed by atoms with Crippen molar-refractivity contribution in [1.29, 1.82) is 5.41 Å². The number of nitrogens with two attached hydrogens (primary N) is 1. The molecule has 0 spiro atoms. The molecule has 1 atom stereocenters. The first-order valence-corrected chi connectivity index (χ1v) is 13.6. The van der Waals surface area contributed by atoms with Crippen molar-refractivity contribution < 1.29 is 17.9 Å². The van der Waals surface area contributed by atoms with Crippen LogP contribution in [0.2, 0.25) is 10.0 Å². The minimum Gasteiger partial charge on any atom is -0.492 e. The van der Waals surface area contributed by atoms with Crippen molar-refractivity contribution in [2.75, 3.05) is 35.9 Å². The fourth-order valence-electron chi connectivity index (χ4n) is 3.42. The van der Waals surface area contributed by atoms with Crippen LogP contribution >= 0.6 is 23.2 Å². The van der Waals surface area contributed by atoms with E-state index in [1.54, 1.807) is 55.5 Å². The van der Waals surface area contributed by atoms with Crippen molar-refractivity contribution in [3.63, 3.8) is 0 Å². The molecule has 0 amide bonds. The predicted molar refractivity (Wildman–Crippen MR) is 148 cm³/mol. The SMILES string of the molecule is CC(OCCNC(=N)N)N(c1ccccc1NCCOc1ccc(Cl)cc1)S(=O)(=O)c1ccc(Cl)cc1. The molecule has 5 N–H and O–H groups in total. The molecule has 9 nitrogen and oxygen atoms in total. The zero-order chi connectivity index (χ0) is 26.8. The summed E-state index contributed by atoms with van der Waals surface area (Å²) in [6, 6.07) is 20.0. The third-order valence-corrected chi connectivity index (χ3v) is 7.50. The lowest BCUT2D eigenvalue weighted by Crippen LogP contribution is -2.42. The molecular weight excluding hydrogens is 537 g/mol. The molecule has 198 valence electrons. The van der Waals surface area contributed by atoms with Gasteiger partial charge in [0.2, 0.25) is 0 Å². The van der Waals surface area contributed by atoms with E-state index in [9.17, 15) is 8.42 Å². The normalized spacial score (nSPS) is 12.0. The highest BCUT2D eigenvalue weighted by Gasteiger charge is 2.31. The van der Waals surface area contributed by atoms with Gasteiger partial charge in [-0.2, -0.15) is 0 Å². The number of para-hydroxylation sites is 2. The average molecular weight is 567 g/mol. The summed E-state index contributed by atoms with van der Waals surface area (Å²) in [6.45, 7) is 2.75. The molecule has 3 aromatic rings. The van der Waals surface area contributed by atoms with Gasteiger partial charge in [-0.15, -0.1) is 0 Å². The highest BCUT2D eigenvalue weighted by Crippen LogP contribution is 2.33. The maximum absolute atomic E-state index is 13.8. The second-order valence-electron chi connectivity index (χ2n) is 7.81. The third-order valence-electron chi connectivity index (χ3n) is 5.12. The van der Waals surface area contributed by atoms with Crippen LogP contribution in [0.3, 0.4) is 0 Å². The van der Waals surface area contributed by atoms with Crippen LogP contribution in [0.5, 0.6) is 5.75 Å². The van der Waals surface area contributed by atoms with Crippen LogP contribution < -0.4 is 25.4 Å². The van der Waals surface area contributed by atoms with Crippen LogP contribution in [0.25, 0.3) is 0 Å². The summed E-state index contributed by atoms with van der Waals surface area (Å²) in [6.07, 6.45) is -0.886. The Morgan fingerprint density at radius 2 is 1.59 bits per heavy atom. The van der Waals surface area contributed by atoms with Crippen LogP contribution in [0.1, 0.15) is 6.92 Å². The van der Waals surface area contributed by atoms with Crippen LogP contribution in [-0.4, -0.2) is 46.9 Å². The van der Waals surface area contributed by atoms with E-state index in [0.717, 1.165) is 0 Å². The number of nitrogens with zero attached hydrogens (tertiary/aromatic N) is 1. The Morgan fingerprint density at radius 1 is 0.973 bits per heavy atom. The highest BCUT2D eigenvalue weighted by molar-refractivity contribution is 7.92. The first kappa shape index (κ1) is 28.4. The minimum absolute atomic E-state index is 0.0649. The van der Waals surface area contributed by atoms with Gasteiger partial charge in [0.05, 0.1) is 22.9 Å². The fourth-order valence-corrected chi connectivity index (χ4v) is 5.25. The van der Waals surface area contributed by atoms with Gasteiger partial charge in [-0.3, -0.25) is 5.41 Å². The van der Waals surface area contributed by atoms with Crippen LogP contribution in [0.15, 0.2) is 77.7 Å². The molecule has 0 fully saturated rings. The molecule has 0 heterocycles. The Labute approximate surface area is 227 Å². The lowest BCUT2D eigenvalue weighted by atomic mass is 10.2. The summed E-state index contributed by atoms with van der Waals surface area (Å²) in [4.78, 5) is 0.0649. The molecule has 0 bridgehead atoms. The second kappa shape index (κ2) is 13.4. The maximum atomic E-state index is 13.8. The molecule has 0 aliphatic heterocycles. The van der Waals surface area contributed by atoms with Crippen molar-refractivity contribution in [2.45, 2.75) is 18.0 Å². The van der Waals surface area contributed by atoms with Gasteiger partial charge in [-0.1, -0.05) is 35.3 Å². The molecule has 0 saturated carbocycles. The molecule has 12 heteroatoms. The fraction of sp³-hybridized carbons (Fsp3) is 0.240. The molecule has 0 radical (unpaired) electrons. The Bertz CT molecular complexity index is 1270. The van der Waals surface area contributed by atoms with E-state index in [0.29, 0.717) is 40.3 Å². The van der Waals surface area contributed by atoms with Crippen molar-refractivity contribution >= 4 is 50.6 Å². The Balaban J connectivity index is 1.82. The van der Waals surface area contributed by atoms with Gasteiger partial charge in [-0.25, -0.2) is 12.7 Å². The lowest BCUT2D eigenvalue weighted by Gasteiger charge is -2.32. The number of nitrogens with one attached hydrogen (secondary N) is 3. The standard InChI is InChI=1S/C25H29Cl2N5O4S/c1-18(35-16-15-31-25(28)29)32(37(33,34)22-12-8-20(27)9-13-22)24-5-3-2-4-23(24)30-14-17-36-21-10-6-19(26)7-11-21/h2-13,18,30H,14-17H2,1H3,(H4,28,29,31). The number of ether oxygens (including phenoxy) is 2. The molecule has 0 aromatic heterocycles. The number of halogens is 2. The summed E-state index contributed by atoms with van der Waals surface area (Å²) in [5.41, 5.74) is 6.29. The molecule has 0 aliphatic carbocycles. The van der Waals surface area contributed by atoms with Gasteiger partial charge < -0.3 is 25.8 Å². The number of rotatable bonds is 13. The van der Waals surface area contributed by atoms with Gasteiger partial charge in [0, 0.05) is 23.1 Å². The molecule has 1 unspecified atom stereocenters. The molecule has 3 rings (SSSR count). The number of benzene rings is 3. The van der Waals surface area contributed by atoms with E-state index in [2.05, 4.69) is 10.6 Å². The van der Waals surface area contributed by atoms with Crippen molar-refractivity contribution in [1.82, 2.24) is 5.32 Å². The number of hydrogen-bond donors (Lipinski definition) is 4. The Morgan fingerprint density at radius 3 is 2.24 bits per heavy atom. The third kappa shape index (κ3) is 8.16. The van der Waals surface area contributed by atoms with E-state index < -0.39 is 16.3 Å². The second-order valence-corrected chi connectivity index (χ2v) is 10.5. The van der Waals surface area contributed by atoms with Crippen LogP contribution in [0, 0.1) is 5.41 Å². The van der Waals surface area contributed by atoms with E-state index in [1.165, 1.54) is 28.6 Å². The smallest absolute Gasteiger partial charge is 0.266 e. The largest absolute Gasteiger partial charge is 0.492 e. The number of guanidine groups is 1. The molecule has 0 saturated heterocycles. The quantitative estimate of drug-likeness (QED) is 0.104. The van der Waals surface area contributed by atoms with Crippen molar-refractivity contribution in [2.24, 2.45) is 5.73 Å². The molecule has 3 aromatic carbocycles. The topological polar surface area (TPSA) is 130 Å². The van der Waals surface area contributed by atoms with Crippen LogP contribution in [0.4, 0.5) is 11.4 Å². The summed E-state index contributed by atoms with van der Waals surface area (Å²) in [5, 5.41) is 14.2. The average Bonchev–Trinajstić information content (AvgIpc) is 2.86. The van der Waals surface area contributed by atoms with E-state index in [1.807, 2.05) is 0 Å². The van der Waals surface area contributed by atoms with Crippen molar-refractivity contribution in [3.8, 4) is 5.75 Å². The van der Waals surface area contributed by atoms with E-state index in [-0.39, 0.29) is 24.0 Å². The summed E-state index contributed by atoms with van der Waals surface area (Å²) >= 11 is 11.9. The molecule has 0 aliphatic rings. The van der Waals surface area contributed by atoms with Crippen LogP contribution in [-0.2, 0) is 14.8 Å². The lowest BCUT2D eigenvalue weighted by molar-refractivity contribution is 0.0781.